The molecular weight excluding hydrogens is 212 g/mol. The molecule has 2 saturated heterocycles. The van der Waals surface area contributed by atoms with Crippen LogP contribution in [-0.2, 0) is 0 Å². The van der Waals surface area contributed by atoms with E-state index in [0.29, 0.717) is 6.61 Å². The molecule has 0 amide bonds. The highest BCUT2D eigenvalue weighted by Crippen LogP contribution is 2.20. The first-order valence-electron chi connectivity index (χ1n) is 7.45. The van der Waals surface area contributed by atoms with Crippen molar-refractivity contribution < 1.29 is 5.11 Å². The van der Waals surface area contributed by atoms with Crippen LogP contribution in [0.3, 0.4) is 0 Å². The fourth-order valence-corrected chi connectivity index (χ4v) is 3.28. The predicted molar refractivity (Wildman–Crippen MR) is 71.1 cm³/mol. The molecule has 2 rings (SSSR count). The molecule has 0 saturated carbocycles. The maximum Gasteiger partial charge on any atom is 0.0434 e. The van der Waals surface area contributed by atoms with Gasteiger partial charge in [-0.15, -0.1) is 0 Å². The molecule has 0 bridgehead atoms. The summed E-state index contributed by atoms with van der Waals surface area (Å²) in [6.45, 7) is 5.32. The first-order valence-corrected chi connectivity index (χ1v) is 7.45. The van der Waals surface area contributed by atoms with Crippen LogP contribution >= 0.6 is 0 Å². The van der Waals surface area contributed by atoms with E-state index in [-0.39, 0.29) is 0 Å². The van der Waals surface area contributed by atoms with Gasteiger partial charge in [0.15, 0.2) is 0 Å². The second kappa shape index (κ2) is 7.34. The Morgan fingerprint density at radius 1 is 1.12 bits per heavy atom. The Balaban J connectivity index is 1.64. The lowest BCUT2D eigenvalue weighted by atomic mass is 9.94. The van der Waals surface area contributed by atoms with E-state index >= 15 is 0 Å². The number of hydrogen-bond acceptors (Lipinski definition) is 3. The van der Waals surface area contributed by atoms with Gasteiger partial charge < -0.3 is 15.3 Å². The zero-order valence-corrected chi connectivity index (χ0v) is 11.0. The van der Waals surface area contributed by atoms with Crippen LogP contribution in [0.1, 0.15) is 44.9 Å². The van der Waals surface area contributed by atoms with Gasteiger partial charge in [0.2, 0.25) is 0 Å². The number of rotatable bonds is 5. The highest BCUT2D eigenvalue weighted by atomic mass is 16.3. The summed E-state index contributed by atoms with van der Waals surface area (Å²) in [5.74, 6) is 0.744. The van der Waals surface area contributed by atoms with Crippen molar-refractivity contribution in [3.63, 3.8) is 0 Å². The average molecular weight is 240 g/mol. The van der Waals surface area contributed by atoms with Crippen LogP contribution in [0.2, 0.25) is 0 Å². The van der Waals surface area contributed by atoms with Gasteiger partial charge >= 0.3 is 0 Å². The Morgan fingerprint density at radius 3 is 2.82 bits per heavy atom. The zero-order chi connectivity index (χ0) is 11.9. The normalized spacial score (nSPS) is 31.6. The number of nitrogens with zero attached hydrogens (tertiary/aromatic N) is 1. The molecule has 2 fully saturated rings. The third-order valence-corrected chi connectivity index (χ3v) is 4.35. The van der Waals surface area contributed by atoms with E-state index in [0.717, 1.165) is 18.4 Å². The van der Waals surface area contributed by atoms with Crippen LogP contribution in [0.25, 0.3) is 0 Å². The SMILES string of the molecule is OCCC1CCCN(CCC2CCCCN2)C1. The summed E-state index contributed by atoms with van der Waals surface area (Å²) >= 11 is 0. The molecule has 100 valence electrons. The van der Waals surface area contributed by atoms with E-state index in [9.17, 15) is 0 Å². The van der Waals surface area contributed by atoms with Crippen molar-refractivity contribution in [1.82, 2.24) is 10.2 Å². The number of aliphatic hydroxyl groups excluding tert-OH is 1. The fraction of sp³-hybridized carbons (Fsp3) is 1.00. The van der Waals surface area contributed by atoms with E-state index in [1.54, 1.807) is 0 Å². The van der Waals surface area contributed by atoms with E-state index in [4.69, 9.17) is 5.11 Å². The molecule has 3 nitrogen and oxygen atoms in total. The number of aliphatic hydroxyl groups is 1. The van der Waals surface area contributed by atoms with Crippen LogP contribution in [0.4, 0.5) is 0 Å². The summed E-state index contributed by atoms with van der Waals surface area (Å²) in [5.41, 5.74) is 0. The van der Waals surface area contributed by atoms with Gasteiger partial charge in [0.05, 0.1) is 0 Å². The number of piperidine rings is 2. The van der Waals surface area contributed by atoms with E-state index in [1.165, 1.54) is 64.7 Å². The molecule has 2 unspecified atom stereocenters. The van der Waals surface area contributed by atoms with Gasteiger partial charge in [-0.2, -0.15) is 0 Å². The first kappa shape index (κ1) is 13.3. The molecule has 2 atom stereocenters. The van der Waals surface area contributed by atoms with Crippen LogP contribution in [0.5, 0.6) is 0 Å². The van der Waals surface area contributed by atoms with E-state index in [1.807, 2.05) is 0 Å². The van der Waals surface area contributed by atoms with Crippen LogP contribution < -0.4 is 5.32 Å². The van der Waals surface area contributed by atoms with Crippen LogP contribution in [-0.4, -0.2) is 48.8 Å². The maximum absolute atomic E-state index is 9.01. The molecular formula is C14H28N2O. The molecule has 17 heavy (non-hydrogen) atoms. The quantitative estimate of drug-likeness (QED) is 0.766. The minimum absolute atomic E-state index is 0.364. The Kier molecular flexibility index (Phi) is 5.75. The number of nitrogens with one attached hydrogen (secondary N) is 1. The minimum Gasteiger partial charge on any atom is -0.396 e. The summed E-state index contributed by atoms with van der Waals surface area (Å²) in [5, 5.41) is 12.6. The van der Waals surface area contributed by atoms with Crippen molar-refractivity contribution in [2.24, 2.45) is 5.92 Å². The molecule has 3 heteroatoms. The third-order valence-electron chi connectivity index (χ3n) is 4.35. The monoisotopic (exact) mass is 240 g/mol. The van der Waals surface area contributed by atoms with Crippen molar-refractivity contribution in [2.45, 2.75) is 51.0 Å². The highest BCUT2D eigenvalue weighted by molar-refractivity contribution is 4.77. The predicted octanol–water partition coefficient (Wildman–Crippen LogP) is 1.61. The molecule has 0 spiro atoms. The van der Waals surface area contributed by atoms with Gasteiger partial charge in [-0.05, 0) is 64.1 Å². The fourth-order valence-electron chi connectivity index (χ4n) is 3.28. The first-order chi connectivity index (χ1) is 8.38. The summed E-state index contributed by atoms with van der Waals surface area (Å²) in [6, 6.07) is 0.766. The Hall–Kier alpha value is -0.120. The largest absolute Gasteiger partial charge is 0.396 e. The van der Waals surface area contributed by atoms with Crippen molar-refractivity contribution in [3.8, 4) is 0 Å². The molecule has 0 aromatic rings. The van der Waals surface area contributed by atoms with E-state index in [2.05, 4.69) is 10.2 Å². The van der Waals surface area contributed by atoms with Crippen molar-refractivity contribution in [2.75, 3.05) is 32.8 Å². The van der Waals surface area contributed by atoms with Gasteiger partial charge in [-0.25, -0.2) is 0 Å². The molecule has 0 radical (unpaired) electrons. The van der Waals surface area contributed by atoms with Crippen molar-refractivity contribution in [3.05, 3.63) is 0 Å². The van der Waals surface area contributed by atoms with Gasteiger partial charge in [0, 0.05) is 19.2 Å². The third kappa shape index (κ3) is 4.57. The Bertz CT molecular complexity index is 202. The second-order valence-corrected chi connectivity index (χ2v) is 5.76. The van der Waals surface area contributed by atoms with Crippen LogP contribution in [0, 0.1) is 5.92 Å². The maximum atomic E-state index is 9.01. The molecule has 2 N–H and O–H groups in total. The highest BCUT2D eigenvalue weighted by Gasteiger charge is 2.20. The molecule has 0 aromatic carbocycles. The van der Waals surface area contributed by atoms with Gasteiger partial charge in [-0.3, -0.25) is 0 Å². The standard InChI is InChI=1S/C14H28N2O/c17-11-7-13-4-3-9-16(12-13)10-6-14-5-1-2-8-15-14/h13-15,17H,1-12H2. The second-order valence-electron chi connectivity index (χ2n) is 5.76. The number of hydrogen-bond donors (Lipinski definition) is 2. The van der Waals surface area contributed by atoms with Crippen molar-refractivity contribution in [1.29, 1.82) is 0 Å². The van der Waals surface area contributed by atoms with E-state index < -0.39 is 0 Å². The summed E-state index contributed by atoms with van der Waals surface area (Å²) in [6.07, 6.45) is 9.09. The lowest BCUT2D eigenvalue weighted by molar-refractivity contribution is 0.141. The molecule has 2 heterocycles. The zero-order valence-electron chi connectivity index (χ0n) is 11.0. The lowest BCUT2D eigenvalue weighted by Gasteiger charge is -2.34. The molecule has 2 aliphatic heterocycles. The van der Waals surface area contributed by atoms with Gasteiger partial charge in [0.25, 0.3) is 0 Å². The molecule has 2 aliphatic rings. The summed E-state index contributed by atoms with van der Waals surface area (Å²) in [7, 11) is 0. The smallest absolute Gasteiger partial charge is 0.0434 e. The molecule has 0 aliphatic carbocycles. The lowest BCUT2D eigenvalue weighted by Crippen LogP contribution is -2.41. The number of likely N-dealkylation sites (tertiary alicyclic amines) is 1. The summed E-state index contributed by atoms with van der Waals surface area (Å²) in [4.78, 5) is 2.61. The van der Waals surface area contributed by atoms with Crippen LogP contribution in [0.15, 0.2) is 0 Å². The van der Waals surface area contributed by atoms with Crippen molar-refractivity contribution >= 4 is 0 Å². The average Bonchev–Trinajstić information content (AvgIpc) is 2.39. The Morgan fingerprint density at radius 2 is 2.06 bits per heavy atom. The van der Waals surface area contributed by atoms with Gasteiger partial charge in [-0.1, -0.05) is 6.42 Å². The Labute approximate surface area is 106 Å². The molecule has 0 aromatic heterocycles. The van der Waals surface area contributed by atoms with Gasteiger partial charge in [0.1, 0.15) is 0 Å². The topological polar surface area (TPSA) is 35.5 Å². The minimum atomic E-state index is 0.364. The summed E-state index contributed by atoms with van der Waals surface area (Å²) < 4.78 is 0.